The standard InChI is InChI=1S/C15H22FNO3/c1-19-14-3-2-12(15(16)10-14)11-17-6-4-13(5-7-17)20-9-8-18/h2-3,10,13,18H,4-9,11H2,1H3. The van der Waals surface area contributed by atoms with Gasteiger partial charge >= 0.3 is 0 Å². The molecule has 1 N–H and O–H groups in total. The van der Waals surface area contributed by atoms with E-state index in [4.69, 9.17) is 14.6 Å². The van der Waals surface area contributed by atoms with Crippen molar-refractivity contribution < 1.29 is 19.0 Å². The first-order valence-corrected chi connectivity index (χ1v) is 7.00. The summed E-state index contributed by atoms with van der Waals surface area (Å²) in [7, 11) is 1.53. The van der Waals surface area contributed by atoms with Crippen LogP contribution in [0.25, 0.3) is 0 Å². The minimum Gasteiger partial charge on any atom is -0.497 e. The lowest BCUT2D eigenvalue weighted by Crippen LogP contribution is -2.37. The second-order valence-corrected chi connectivity index (χ2v) is 5.03. The first kappa shape index (κ1) is 15.2. The smallest absolute Gasteiger partial charge is 0.131 e. The molecular formula is C15H22FNO3. The third-order valence-electron chi connectivity index (χ3n) is 3.63. The molecule has 1 aromatic carbocycles. The molecule has 2 rings (SSSR count). The van der Waals surface area contributed by atoms with Crippen LogP contribution >= 0.6 is 0 Å². The lowest BCUT2D eigenvalue weighted by atomic mass is 10.1. The van der Waals surface area contributed by atoms with Crippen LogP contribution in [0.15, 0.2) is 18.2 Å². The number of benzene rings is 1. The van der Waals surface area contributed by atoms with Crippen LogP contribution in [0.4, 0.5) is 4.39 Å². The Labute approximate surface area is 119 Å². The number of piperidine rings is 1. The van der Waals surface area contributed by atoms with Crippen molar-refractivity contribution in [3.8, 4) is 5.75 Å². The van der Waals surface area contributed by atoms with Crippen molar-refractivity contribution in [1.82, 2.24) is 4.90 Å². The molecule has 0 radical (unpaired) electrons. The molecule has 1 aliphatic rings. The Hall–Kier alpha value is -1.17. The van der Waals surface area contributed by atoms with Crippen molar-refractivity contribution >= 4 is 0 Å². The lowest BCUT2D eigenvalue weighted by Gasteiger charge is -2.31. The Balaban J connectivity index is 1.83. The maximum absolute atomic E-state index is 13.9. The zero-order chi connectivity index (χ0) is 14.4. The maximum Gasteiger partial charge on any atom is 0.131 e. The summed E-state index contributed by atoms with van der Waals surface area (Å²) < 4.78 is 24.4. The molecule has 1 aliphatic heterocycles. The fourth-order valence-corrected chi connectivity index (χ4v) is 2.48. The fourth-order valence-electron chi connectivity index (χ4n) is 2.48. The Morgan fingerprint density at radius 2 is 2.10 bits per heavy atom. The second-order valence-electron chi connectivity index (χ2n) is 5.03. The van der Waals surface area contributed by atoms with E-state index >= 15 is 0 Å². The Kier molecular flexibility index (Phi) is 5.76. The molecule has 20 heavy (non-hydrogen) atoms. The highest BCUT2D eigenvalue weighted by Gasteiger charge is 2.20. The topological polar surface area (TPSA) is 41.9 Å². The number of hydrogen-bond acceptors (Lipinski definition) is 4. The van der Waals surface area contributed by atoms with Crippen LogP contribution in [0.1, 0.15) is 18.4 Å². The summed E-state index contributed by atoms with van der Waals surface area (Å²) in [4.78, 5) is 2.23. The summed E-state index contributed by atoms with van der Waals surface area (Å²) in [5.74, 6) is 0.324. The molecular weight excluding hydrogens is 261 g/mol. The van der Waals surface area contributed by atoms with Crippen LogP contribution in [-0.2, 0) is 11.3 Å². The number of likely N-dealkylation sites (tertiary alicyclic amines) is 1. The molecule has 112 valence electrons. The second kappa shape index (κ2) is 7.57. The molecule has 1 saturated heterocycles. The van der Waals surface area contributed by atoms with Gasteiger partial charge in [0.2, 0.25) is 0 Å². The summed E-state index contributed by atoms with van der Waals surface area (Å²) in [6.07, 6.45) is 2.08. The van der Waals surface area contributed by atoms with E-state index in [1.807, 2.05) is 0 Å². The number of methoxy groups -OCH3 is 1. The SMILES string of the molecule is COc1ccc(CN2CCC(OCCO)CC2)c(F)c1. The molecule has 1 aromatic rings. The molecule has 0 atom stereocenters. The summed E-state index contributed by atoms with van der Waals surface area (Å²) in [5.41, 5.74) is 0.695. The van der Waals surface area contributed by atoms with Crippen molar-refractivity contribution in [1.29, 1.82) is 0 Å². The van der Waals surface area contributed by atoms with Crippen molar-refractivity contribution in [3.63, 3.8) is 0 Å². The highest BCUT2D eigenvalue weighted by Crippen LogP contribution is 2.20. The Morgan fingerprint density at radius 3 is 2.70 bits per heavy atom. The number of halogens is 1. The van der Waals surface area contributed by atoms with Gasteiger partial charge in [0.1, 0.15) is 11.6 Å². The van der Waals surface area contributed by atoms with Crippen LogP contribution in [-0.4, -0.2) is 49.5 Å². The maximum atomic E-state index is 13.9. The van der Waals surface area contributed by atoms with E-state index in [1.54, 1.807) is 12.1 Å². The van der Waals surface area contributed by atoms with Gasteiger partial charge < -0.3 is 14.6 Å². The van der Waals surface area contributed by atoms with Gasteiger partial charge in [-0.3, -0.25) is 4.90 Å². The quantitative estimate of drug-likeness (QED) is 0.864. The van der Waals surface area contributed by atoms with Crippen molar-refractivity contribution in [2.75, 3.05) is 33.4 Å². The molecule has 1 heterocycles. The molecule has 0 bridgehead atoms. The number of rotatable bonds is 6. The average molecular weight is 283 g/mol. The van der Waals surface area contributed by atoms with Gasteiger partial charge in [-0.05, 0) is 18.9 Å². The van der Waals surface area contributed by atoms with E-state index in [0.29, 0.717) is 24.5 Å². The third-order valence-corrected chi connectivity index (χ3v) is 3.63. The summed E-state index contributed by atoms with van der Waals surface area (Å²) in [5, 5.41) is 8.73. The molecule has 0 amide bonds. The molecule has 0 saturated carbocycles. The number of aliphatic hydroxyl groups is 1. The van der Waals surface area contributed by atoms with E-state index in [2.05, 4.69) is 4.90 Å². The predicted octanol–water partition coefficient (Wildman–Crippen LogP) is 1.81. The van der Waals surface area contributed by atoms with Gasteiger partial charge in [0.15, 0.2) is 0 Å². The van der Waals surface area contributed by atoms with Gasteiger partial charge in [0, 0.05) is 31.3 Å². The Bertz CT molecular complexity index is 420. The van der Waals surface area contributed by atoms with Crippen molar-refractivity contribution in [2.24, 2.45) is 0 Å². The fraction of sp³-hybridized carbons (Fsp3) is 0.600. The number of ether oxygens (including phenoxy) is 2. The monoisotopic (exact) mass is 283 g/mol. The van der Waals surface area contributed by atoms with Gasteiger partial charge in [-0.15, -0.1) is 0 Å². The molecule has 1 fully saturated rings. The summed E-state index contributed by atoms with van der Waals surface area (Å²) in [6, 6.07) is 4.99. The molecule has 0 aliphatic carbocycles. The van der Waals surface area contributed by atoms with Crippen LogP contribution in [0.3, 0.4) is 0 Å². The van der Waals surface area contributed by atoms with E-state index in [-0.39, 0.29) is 18.5 Å². The van der Waals surface area contributed by atoms with E-state index in [1.165, 1.54) is 13.2 Å². The average Bonchev–Trinajstić information content (AvgIpc) is 2.48. The van der Waals surface area contributed by atoms with E-state index < -0.39 is 0 Å². The van der Waals surface area contributed by atoms with Crippen molar-refractivity contribution in [3.05, 3.63) is 29.6 Å². The molecule has 5 heteroatoms. The number of aliphatic hydroxyl groups excluding tert-OH is 1. The van der Waals surface area contributed by atoms with Gasteiger partial charge in [-0.25, -0.2) is 4.39 Å². The molecule has 0 aromatic heterocycles. The number of hydrogen-bond donors (Lipinski definition) is 1. The van der Waals surface area contributed by atoms with Crippen LogP contribution < -0.4 is 4.74 Å². The zero-order valence-electron chi connectivity index (χ0n) is 11.8. The molecule has 4 nitrogen and oxygen atoms in total. The van der Waals surface area contributed by atoms with E-state index in [0.717, 1.165) is 25.9 Å². The summed E-state index contributed by atoms with van der Waals surface area (Å²) in [6.45, 7) is 2.86. The lowest BCUT2D eigenvalue weighted by molar-refractivity contribution is -0.00914. The van der Waals surface area contributed by atoms with Crippen molar-refractivity contribution in [2.45, 2.75) is 25.5 Å². The highest BCUT2D eigenvalue weighted by molar-refractivity contribution is 5.28. The van der Waals surface area contributed by atoms with Crippen LogP contribution in [0.5, 0.6) is 5.75 Å². The van der Waals surface area contributed by atoms with Crippen LogP contribution in [0.2, 0.25) is 0 Å². The number of nitrogens with zero attached hydrogens (tertiary/aromatic N) is 1. The van der Waals surface area contributed by atoms with Gasteiger partial charge in [0.25, 0.3) is 0 Å². The predicted molar refractivity (Wildman–Crippen MR) is 74.3 cm³/mol. The largest absolute Gasteiger partial charge is 0.497 e. The van der Waals surface area contributed by atoms with Gasteiger partial charge in [-0.2, -0.15) is 0 Å². The normalized spacial score (nSPS) is 17.4. The minimum absolute atomic E-state index is 0.0667. The first-order valence-electron chi connectivity index (χ1n) is 7.00. The first-order chi connectivity index (χ1) is 9.72. The third kappa shape index (κ3) is 4.16. The zero-order valence-corrected chi connectivity index (χ0v) is 11.8. The Morgan fingerprint density at radius 1 is 1.35 bits per heavy atom. The molecule has 0 unspecified atom stereocenters. The molecule has 0 spiro atoms. The van der Waals surface area contributed by atoms with Gasteiger partial charge in [0.05, 0.1) is 26.4 Å². The minimum atomic E-state index is -0.219. The van der Waals surface area contributed by atoms with Gasteiger partial charge in [-0.1, -0.05) is 6.07 Å². The highest BCUT2D eigenvalue weighted by atomic mass is 19.1. The summed E-state index contributed by atoms with van der Waals surface area (Å²) >= 11 is 0. The van der Waals surface area contributed by atoms with Crippen LogP contribution in [0, 0.1) is 5.82 Å². The van der Waals surface area contributed by atoms with E-state index in [9.17, 15) is 4.39 Å².